The van der Waals surface area contributed by atoms with Crippen LogP contribution in [0.3, 0.4) is 0 Å². The average molecular weight is 341 g/mol. The maximum absolute atomic E-state index is 12.4. The largest absolute Gasteiger partial charge is 0.462 e. The summed E-state index contributed by atoms with van der Waals surface area (Å²) in [5.74, 6) is -1.33. The molecule has 0 radical (unpaired) electrons. The molecule has 3 nitrogen and oxygen atoms in total. The van der Waals surface area contributed by atoms with Gasteiger partial charge in [-0.05, 0) is 36.4 Å². The summed E-state index contributed by atoms with van der Waals surface area (Å²) in [5.41, 5.74) is -4.21. The quantitative estimate of drug-likeness (QED) is 0.448. The zero-order valence-electron chi connectivity index (χ0n) is 11.0. The van der Waals surface area contributed by atoms with Crippen LogP contribution in [0.15, 0.2) is 23.1 Å². The van der Waals surface area contributed by atoms with Gasteiger partial charge in [0.15, 0.2) is 5.78 Å². The van der Waals surface area contributed by atoms with Crippen LogP contribution in [-0.4, -0.2) is 29.7 Å². The van der Waals surface area contributed by atoms with Crippen LogP contribution in [0, 0.1) is 0 Å². The van der Waals surface area contributed by atoms with E-state index in [1.807, 2.05) is 0 Å². The standard InChI is InChI=1S/C13H12ClF3O3S/c1-2-20-12(19)11-6-10(21-13(15,16)17)4-3-8(11)5-9(18)7-14/h3-4,6H,2,5,7H2,1H3. The van der Waals surface area contributed by atoms with Crippen molar-refractivity contribution in [3.05, 3.63) is 29.3 Å². The first-order valence-electron chi connectivity index (χ1n) is 5.90. The topological polar surface area (TPSA) is 43.4 Å². The highest BCUT2D eigenvalue weighted by Crippen LogP contribution is 2.37. The second-order valence-electron chi connectivity index (χ2n) is 3.94. The summed E-state index contributed by atoms with van der Waals surface area (Å²) < 4.78 is 41.9. The molecule has 0 aromatic heterocycles. The van der Waals surface area contributed by atoms with Crippen LogP contribution in [0.1, 0.15) is 22.8 Å². The minimum atomic E-state index is -4.46. The van der Waals surface area contributed by atoms with Gasteiger partial charge in [0.25, 0.3) is 0 Å². The second kappa shape index (κ2) is 7.70. The number of carbonyl (C=O) groups is 2. The fourth-order valence-electron chi connectivity index (χ4n) is 1.57. The van der Waals surface area contributed by atoms with E-state index in [1.54, 1.807) is 6.92 Å². The number of ketones is 1. The molecule has 0 atom stereocenters. The molecule has 0 saturated heterocycles. The number of alkyl halides is 4. The molecule has 1 aromatic rings. The smallest absolute Gasteiger partial charge is 0.446 e. The Labute approximate surface area is 128 Å². The highest BCUT2D eigenvalue weighted by molar-refractivity contribution is 8.00. The Kier molecular flexibility index (Phi) is 6.54. The molecule has 0 aliphatic carbocycles. The van der Waals surface area contributed by atoms with Crippen molar-refractivity contribution >= 4 is 35.1 Å². The molecule has 0 bridgehead atoms. The Morgan fingerprint density at radius 2 is 2.00 bits per heavy atom. The Bertz CT molecular complexity index is 532. The molecule has 21 heavy (non-hydrogen) atoms. The van der Waals surface area contributed by atoms with Crippen molar-refractivity contribution in [1.82, 2.24) is 0 Å². The van der Waals surface area contributed by atoms with Gasteiger partial charge >= 0.3 is 11.5 Å². The summed E-state index contributed by atoms with van der Waals surface area (Å²) in [7, 11) is 0. The highest BCUT2D eigenvalue weighted by atomic mass is 35.5. The van der Waals surface area contributed by atoms with Crippen molar-refractivity contribution in [3.8, 4) is 0 Å². The molecule has 0 saturated carbocycles. The maximum Gasteiger partial charge on any atom is 0.446 e. The molecule has 116 valence electrons. The van der Waals surface area contributed by atoms with Gasteiger partial charge in [0.2, 0.25) is 0 Å². The first-order chi connectivity index (χ1) is 9.76. The van der Waals surface area contributed by atoms with Crippen molar-refractivity contribution < 1.29 is 27.5 Å². The molecule has 0 fully saturated rings. The molecule has 0 unspecified atom stereocenters. The lowest BCUT2D eigenvalue weighted by molar-refractivity contribution is -0.116. The Hall–Kier alpha value is -1.21. The van der Waals surface area contributed by atoms with Crippen LogP contribution >= 0.6 is 23.4 Å². The molecular weight excluding hydrogens is 329 g/mol. The molecule has 0 amide bonds. The van der Waals surface area contributed by atoms with Gasteiger partial charge in [0.05, 0.1) is 18.1 Å². The lowest BCUT2D eigenvalue weighted by Crippen LogP contribution is -2.12. The van der Waals surface area contributed by atoms with Crippen LogP contribution in [0.4, 0.5) is 13.2 Å². The number of carbonyl (C=O) groups excluding carboxylic acids is 2. The van der Waals surface area contributed by atoms with Gasteiger partial charge in [0.1, 0.15) is 0 Å². The molecule has 0 heterocycles. The highest BCUT2D eigenvalue weighted by Gasteiger charge is 2.30. The third kappa shape index (κ3) is 5.97. The predicted octanol–water partition coefficient (Wildman–Crippen LogP) is 3.83. The minimum absolute atomic E-state index is 0.0513. The second-order valence-corrected chi connectivity index (χ2v) is 5.34. The van der Waals surface area contributed by atoms with E-state index in [2.05, 4.69) is 0 Å². The normalized spacial score (nSPS) is 11.3. The zero-order valence-corrected chi connectivity index (χ0v) is 12.6. The summed E-state index contributed by atoms with van der Waals surface area (Å²) in [6, 6.07) is 3.59. The number of ether oxygens (including phenoxy) is 1. The molecule has 0 aliphatic rings. The van der Waals surface area contributed by atoms with E-state index in [0.29, 0.717) is 5.56 Å². The number of benzene rings is 1. The van der Waals surface area contributed by atoms with Crippen LogP contribution in [0.25, 0.3) is 0 Å². The van der Waals surface area contributed by atoms with E-state index in [9.17, 15) is 22.8 Å². The average Bonchev–Trinajstić information content (AvgIpc) is 2.38. The van der Waals surface area contributed by atoms with Crippen molar-refractivity contribution in [2.75, 3.05) is 12.5 Å². The van der Waals surface area contributed by atoms with Crippen LogP contribution in [-0.2, 0) is 16.0 Å². The number of rotatable bonds is 6. The van der Waals surface area contributed by atoms with Gasteiger partial charge < -0.3 is 4.74 Å². The van der Waals surface area contributed by atoms with Crippen LogP contribution < -0.4 is 0 Å². The monoisotopic (exact) mass is 340 g/mol. The summed E-state index contributed by atoms with van der Waals surface area (Å²) in [4.78, 5) is 23.0. The molecule has 0 N–H and O–H groups in total. The SMILES string of the molecule is CCOC(=O)c1cc(SC(F)(F)F)ccc1CC(=O)CCl. The number of hydrogen-bond donors (Lipinski definition) is 0. The number of halogens is 4. The summed E-state index contributed by atoms with van der Waals surface area (Å²) in [6.45, 7) is 1.66. The van der Waals surface area contributed by atoms with Crippen LogP contribution in [0.5, 0.6) is 0 Å². The van der Waals surface area contributed by atoms with Crippen molar-refractivity contribution in [2.45, 2.75) is 23.7 Å². The van der Waals surface area contributed by atoms with E-state index in [1.165, 1.54) is 12.1 Å². The van der Waals surface area contributed by atoms with Gasteiger partial charge in [0, 0.05) is 11.3 Å². The number of Topliss-reactive ketones (excluding diaryl/α,β-unsaturated/α-hetero) is 1. The molecule has 0 aliphatic heterocycles. The van der Waals surface area contributed by atoms with Gasteiger partial charge in [-0.3, -0.25) is 4.79 Å². The van der Waals surface area contributed by atoms with E-state index in [0.717, 1.165) is 6.07 Å². The molecule has 1 aromatic carbocycles. The number of hydrogen-bond acceptors (Lipinski definition) is 4. The van der Waals surface area contributed by atoms with Gasteiger partial charge in [-0.1, -0.05) is 6.07 Å². The van der Waals surface area contributed by atoms with E-state index in [4.69, 9.17) is 16.3 Å². The molecule has 8 heteroatoms. The van der Waals surface area contributed by atoms with Crippen molar-refractivity contribution in [3.63, 3.8) is 0 Å². The third-order valence-electron chi connectivity index (χ3n) is 2.35. The minimum Gasteiger partial charge on any atom is -0.462 e. The first kappa shape index (κ1) is 17.8. The van der Waals surface area contributed by atoms with E-state index >= 15 is 0 Å². The fraction of sp³-hybridized carbons (Fsp3) is 0.385. The maximum atomic E-state index is 12.4. The first-order valence-corrected chi connectivity index (χ1v) is 7.25. The third-order valence-corrected chi connectivity index (χ3v) is 3.37. The van der Waals surface area contributed by atoms with E-state index < -0.39 is 11.5 Å². The number of thioether (sulfide) groups is 1. The molecule has 1 rings (SSSR count). The van der Waals surface area contributed by atoms with Gasteiger partial charge in [-0.15, -0.1) is 11.6 Å². The van der Waals surface area contributed by atoms with Crippen molar-refractivity contribution in [2.24, 2.45) is 0 Å². The summed E-state index contributed by atoms with van der Waals surface area (Å²) in [5, 5.41) is 0. The Morgan fingerprint density at radius 1 is 1.33 bits per heavy atom. The predicted molar refractivity (Wildman–Crippen MR) is 73.7 cm³/mol. The van der Waals surface area contributed by atoms with E-state index in [-0.39, 0.29) is 46.9 Å². The summed E-state index contributed by atoms with van der Waals surface area (Å²) >= 11 is 5.06. The fourth-order valence-corrected chi connectivity index (χ4v) is 2.24. The molecule has 0 spiro atoms. The Balaban J connectivity index is 3.13. The summed E-state index contributed by atoms with van der Waals surface area (Å²) in [6.07, 6.45) is -0.130. The zero-order chi connectivity index (χ0) is 16.0. The number of esters is 1. The van der Waals surface area contributed by atoms with Gasteiger partial charge in [-0.2, -0.15) is 13.2 Å². The lowest BCUT2D eigenvalue weighted by Gasteiger charge is -2.11. The van der Waals surface area contributed by atoms with Crippen LogP contribution in [0.2, 0.25) is 0 Å². The molecular formula is C13H12ClF3O3S. The van der Waals surface area contributed by atoms with Gasteiger partial charge in [-0.25, -0.2) is 4.79 Å². The lowest BCUT2D eigenvalue weighted by atomic mass is 10.0. The van der Waals surface area contributed by atoms with Crippen molar-refractivity contribution in [1.29, 1.82) is 0 Å². The Morgan fingerprint density at radius 3 is 2.52 bits per heavy atom.